The van der Waals surface area contributed by atoms with Gasteiger partial charge in [0.2, 0.25) is 11.5 Å². The molecule has 0 aliphatic heterocycles. The highest BCUT2D eigenvalue weighted by Crippen LogP contribution is 2.24. The Morgan fingerprint density at radius 3 is 2.87 bits per heavy atom. The number of aromatic amines is 1. The summed E-state index contributed by atoms with van der Waals surface area (Å²) in [4.78, 5) is 34.2. The van der Waals surface area contributed by atoms with Crippen LogP contribution in [-0.2, 0) is 11.3 Å². The van der Waals surface area contributed by atoms with Crippen LogP contribution in [-0.4, -0.2) is 41.0 Å². The molecule has 0 saturated heterocycles. The van der Waals surface area contributed by atoms with E-state index in [9.17, 15) is 9.59 Å². The summed E-state index contributed by atoms with van der Waals surface area (Å²) in [6.07, 6.45) is 0. The van der Waals surface area contributed by atoms with Crippen LogP contribution in [0.15, 0.2) is 57.7 Å². The van der Waals surface area contributed by atoms with Crippen LogP contribution in [0.1, 0.15) is 12.7 Å². The number of aromatic nitrogens is 2. The van der Waals surface area contributed by atoms with Gasteiger partial charge in [-0.1, -0.05) is 25.1 Å². The summed E-state index contributed by atoms with van der Waals surface area (Å²) >= 11 is 0. The summed E-state index contributed by atoms with van der Waals surface area (Å²) in [6, 6.07) is 14.6. The minimum Gasteiger partial charge on any atom is -0.497 e. The molecule has 4 aromatic rings. The molecular formula is C22H22N4O4. The molecule has 0 aliphatic carbocycles. The van der Waals surface area contributed by atoms with Crippen LogP contribution < -0.4 is 15.6 Å². The van der Waals surface area contributed by atoms with E-state index in [0.29, 0.717) is 41.5 Å². The second kappa shape index (κ2) is 8.38. The maximum absolute atomic E-state index is 12.5. The molecule has 0 atom stereocenters. The largest absolute Gasteiger partial charge is 0.497 e. The Morgan fingerprint density at radius 1 is 1.23 bits per heavy atom. The first-order chi connectivity index (χ1) is 14.6. The van der Waals surface area contributed by atoms with Crippen LogP contribution in [0.3, 0.4) is 0 Å². The highest BCUT2D eigenvalue weighted by atomic mass is 16.5. The number of para-hydroxylation sites is 1. The topological polar surface area (TPSA) is 100 Å². The fourth-order valence-corrected chi connectivity index (χ4v) is 3.32. The maximum Gasteiger partial charge on any atom is 0.294 e. The zero-order chi connectivity index (χ0) is 21.1. The van der Waals surface area contributed by atoms with E-state index >= 15 is 0 Å². The highest BCUT2D eigenvalue weighted by molar-refractivity contribution is 6.01. The number of hydrogen-bond acceptors (Lipinski definition) is 6. The fraction of sp³-hybridized carbons (Fsp3) is 0.227. The predicted molar refractivity (Wildman–Crippen MR) is 115 cm³/mol. The molecular weight excluding hydrogens is 384 g/mol. The van der Waals surface area contributed by atoms with Gasteiger partial charge in [0.25, 0.3) is 5.56 Å². The average molecular weight is 406 g/mol. The molecule has 0 radical (unpaired) electrons. The monoisotopic (exact) mass is 406 g/mol. The van der Waals surface area contributed by atoms with Crippen LogP contribution in [0.2, 0.25) is 0 Å². The number of anilines is 1. The molecule has 2 aromatic carbocycles. The minimum absolute atomic E-state index is 0.154. The van der Waals surface area contributed by atoms with E-state index in [1.54, 1.807) is 25.3 Å². The first kappa shape index (κ1) is 19.7. The third kappa shape index (κ3) is 4.04. The molecule has 0 bridgehead atoms. The van der Waals surface area contributed by atoms with Gasteiger partial charge in [-0.25, -0.2) is 4.98 Å². The van der Waals surface area contributed by atoms with Crippen molar-refractivity contribution in [3.63, 3.8) is 0 Å². The van der Waals surface area contributed by atoms with E-state index in [-0.39, 0.29) is 23.6 Å². The van der Waals surface area contributed by atoms with Gasteiger partial charge in [0.1, 0.15) is 22.7 Å². The van der Waals surface area contributed by atoms with Crippen molar-refractivity contribution in [2.75, 3.05) is 25.5 Å². The lowest BCUT2D eigenvalue weighted by Gasteiger charge is -2.19. The van der Waals surface area contributed by atoms with Crippen molar-refractivity contribution in [2.45, 2.75) is 13.5 Å². The lowest BCUT2D eigenvalue weighted by atomic mass is 10.2. The van der Waals surface area contributed by atoms with Gasteiger partial charge >= 0.3 is 0 Å². The van der Waals surface area contributed by atoms with Gasteiger partial charge in [0.15, 0.2) is 0 Å². The Balaban J connectivity index is 1.51. The molecule has 2 heterocycles. The van der Waals surface area contributed by atoms with E-state index in [4.69, 9.17) is 9.15 Å². The second-order valence-corrected chi connectivity index (χ2v) is 6.87. The summed E-state index contributed by atoms with van der Waals surface area (Å²) in [7, 11) is 1.58. The molecule has 2 N–H and O–H groups in total. The molecule has 8 heteroatoms. The van der Waals surface area contributed by atoms with E-state index < -0.39 is 0 Å². The van der Waals surface area contributed by atoms with Crippen LogP contribution >= 0.6 is 0 Å². The number of rotatable bonds is 7. The number of hydrogen-bond donors (Lipinski definition) is 2. The molecule has 0 saturated carbocycles. The molecule has 0 aliphatic rings. The van der Waals surface area contributed by atoms with E-state index in [0.717, 1.165) is 5.39 Å². The molecule has 2 aromatic heterocycles. The third-order valence-corrected chi connectivity index (χ3v) is 4.82. The van der Waals surface area contributed by atoms with Gasteiger partial charge in [-0.2, -0.15) is 0 Å². The van der Waals surface area contributed by atoms with E-state index in [1.807, 2.05) is 42.2 Å². The molecule has 30 heavy (non-hydrogen) atoms. The van der Waals surface area contributed by atoms with Gasteiger partial charge in [-0.3, -0.25) is 14.5 Å². The third-order valence-electron chi connectivity index (χ3n) is 4.82. The summed E-state index contributed by atoms with van der Waals surface area (Å²) in [5, 5.41) is 3.65. The number of carbonyl (C=O) groups is 1. The van der Waals surface area contributed by atoms with E-state index in [2.05, 4.69) is 15.3 Å². The number of furan rings is 1. The van der Waals surface area contributed by atoms with Crippen molar-refractivity contribution in [2.24, 2.45) is 0 Å². The zero-order valence-corrected chi connectivity index (χ0v) is 16.8. The molecule has 4 rings (SSSR count). The predicted octanol–water partition coefficient (Wildman–Crippen LogP) is 3.14. The number of ether oxygens (including phenoxy) is 1. The summed E-state index contributed by atoms with van der Waals surface area (Å²) < 4.78 is 10.8. The Hall–Kier alpha value is -3.65. The van der Waals surface area contributed by atoms with Crippen molar-refractivity contribution in [1.82, 2.24) is 14.9 Å². The van der Waals surface area contributed by atoms with Crippen LogP contribution in [0, 0.1) is 0 Å². The van der Waals surface area contributed by atoms with Crippen LogP contribution in [0.5, 0.6) is 5.75 Å². The number of amides is 1. The SMILES string of the molecule is CCN(CC(=O)Nc1cccc(OC)c1)Cc1nc2c(oc3ccccc32)c(=O)[nH]1. The Kier molecular flexibility index (Phi) is 5.49. The first-order valence-electron chi connectivity index (χ1n) is 9.64. The average Bonchev–Trinajstić information content (AvgIpc) is 3.13. The molecule has 8 nitrogen and oxygen atoms in total. The number of nitrogens with zero attached hydrogens (tertiary/aromatic N) is 2. The zero-order valence-electron chi connectivity index (χ0n) is 16.8. The van der Waals surface area contributed by atoms with Crippen molar-refractivity contribution in [3.05, 3.63) is 64.7 Å². The summed E-state index contributed by atoms with van der Waals surface area (Å²) in [5.41, 5.74) is 1.68. The van der Waals surface area contributed by atoms with Crippen molar-refractivity contribution < 1.29 is 13.9 Å². The number of benzene rings is 2. The highest BCUT2D eigenvalue weighted by Gasteiger charge is 2.16. The molecule has 0 unspecified atom stereocenters. The standard InChI is InChI=1S/C22H22N4O4/c1-3-26(13-19(27)23-14-7-6-8-15(11-14)29-2)12-18-24-20-16-9-4-5-10-17(16)30-21(20)22(28)25-18/h4-11H,3,12-13H2,1-2H3,(H,23,27)(H,24,25,28). The second-order valence-electron chi connectivity index (χ2n) is 6.87. The lowest BCUT2D eigenvalue weighted by molar-refractivity contribution is -0.117. The number of carbonyl (C=O) groups excluding carboxylic acids is 1. The smallest absolute Gasteiger partial charge is 0.294 e. The lowest BCUT2D eigenvalue weighted by Crippen LogP contribution is -2.33. The minimum atomic E-state index is -0.330. The Morgan fingerprint density at radius 2 is 2.07 bits per heavy atom. The van der Waals surface area contributed by atoms with Gasteiger partial charge in [0.05, 0.1) is 20.2 Å². The molecule has 154 valence electrons. The van der Waals surface area contributed by atoms with Crippen molar-refractivity contribution in [3.8, 4) is 5.75 Å². The van der Waals surface area contributed by atoms with Crippen molar-refractivity contribution >= 4 is 33.7 Å². The van der Waals surface area contributed by atoms with Crippen molar-refractivity contribution in [1.29, 1.82) is 0 Å². The van der Waals surface area contributed by atoms with Gasteiger partial charge < -0.3 is 19.5 Å². The van der Waals surface area contributed by atoms with E-state index in [1.165, 1.54) is 0 Å². The number of likely N-dealkylation sites (N-methyl/N-ethyl adjacent to an activating group) is 1. The van der Waals surface area contributed by atoms with Crippen LogP contribution in [0.25, 0.3) is 22.1 Å². The number of nitrogens with one attached hydrogen (secondary N) is 2. The number of methoxy groups -OCH3 is 1. The van der Waals surface area contributed by atoms with Gasteiger partial charge in [0, 0.05) is 17.1 Å². The first-order valence-corrected chi connectivity index (χ1v) is 9.64. The molecule has 0 fully saturated rings. The van der Waals surface area contributed by atoms with Gasteiger partial charge in [-0.15, -0.1) is 0 Å². The number of fused-ring (bicyclic) bond motifs is 3. The number of H-pyrrole nitrogens is 1. The maximum atomic E-state index is 12.5. The molecule has 1 amide bonds. The summed E-state index contributed by atoms with van der Waals surface area (Å²) in [5.74, 6) is 0.986. The Labute approximate surface area is 172 Å². The Bertz CT molecular complexity index is 1260. The normalized spacial score (nSPS) is 11.3. The molecule has 0 spiro atoms. The quantitative estimate of drug-likeness (QED) is 0.489. The fourth-order valence-electron chi connectivity index (χ4n) is 3.32. The van der Waals surface area contributed by atoms with Crippen LogP contribution in [0.4, 0.5) is 5.69 Å². The van der Waals surface area contributed by atoms with Gasteiger partial charge in [-0.05, 0) is 30.8 Å². The summed E-state index contributed by atoms with van der Waals surface area (Å²) in [6.45, 7) is 3.04.